The molecule has 12 heavy (non-hydrogen) atoms. The van der Waals surface area contributed by atoms with Crippen LogP contribution in [0.4, 0.5) is 6.01 Å². The molecular weight excluding hydrogens is 154 g/mol. The second kappa shape index (κ2) is 4.39. The lowest BCUT2D eigenvalue weighted by atomic mass is 10.3. The highest BCUT2D eigenvalue weighted by Gasteiger charge is 1.98. The number of terminal acetylenes is 1. The number of aryl methyl sites for hydroxylation is 1. The number of anilines is 1. The molecule has 1 N–H and O–H groups in total. The summed E-state index contributed by atoms with van der Waals surface area (Å²) >= 11 is 0. The van der Waals surface area contributed by atoms with Crippen LogP contribution in [-0.2, 0) is 0 Å². The van der Waals surface area contributed by atoms with Crippen LogP contribution in [0.1, 0.15) is 18.7 Å². The van der Waals surface area contributed by atoms with Crippen molar-refractivity contribution in [1.29, 1.82) is 0 Å². The first-order chi connectivity index (χ1) is 5.83. The monoisotopic (exact) mass is 165 g/mol. The van der Waals surface area contributed by atoms with Gasteiger partial charge in [0.25, 0.3) is 0 Å². The van der Waals surface area contributed by atoms with Crippen LogP contribution in [0.5, 0.6) is 0 Å². The molecule has 0 aliphatic rings. The van der Waals surface area contributed by atoms with Crippen LogP contribution in [0.15, 0.2) is 4.52 Å². The molecule has 0 aliphatic carbocycles. The highest BCUT2D eigenvalue weighted by atomic mass is 16.5. The first kappa shape index (κ1) is 8.60. The highest BCUT2D eigenvalue weighted by molar-refractivity contribution is 5.17. The summed E-state index contributed by atoms with van der Waals surface area (Å²) < 4.78 is 4.82. The van der Waals surface area contributed by atoms with E-state index in [9.17, 15) is 0 Å². The van der Waals surface area contributed by atoms with Gasteiger partial charge in [0.1, 0.15) is 0 Å². The average Bonchev–Trinajstić information content (AvgIpc) is 2.45. The topological polar surface area (TPSA) is 51.0 Å². The van der Waals surface area contributed by atoms with E-state index in [1.54, 1.807) is 6.92 Å². The van der Waals surface area contributed by atoms with Gasteiger partial charge in [-0.15, -0.1) is 12.3 Å². The van der Waals surface area contributed by atoms with Crippen molar-refractivity contribution in [2.24, 2.45) is 0 Å². The largest absolute Gasteiger partial charge is 0.338 e. The molecule has 0 saturated carbocycles. The van der Waals surface area contributed by atoms with Gasteiger partial charge in [-0.2, -0.15) is 4.98 Å². The summed E-state index contributed by atoms with van der Waals surface area (Å²) in [7, 11) is 0. The fourth-order valence-corrected chi connectivity index (χ4v) is 0.755. The number of nitrogens with one attached hydrogen (secondary N) is 1. The molecule has 0 spiro atoms. The molecule has 0 radical (unpaired) electrons. The van der Waals surface area contributed by atoms with Crippen molar-refractivity contribution >= 4 is 6.01 Å². The Hall–Kier alpha value is -1.50. The second-order valence-electron chi connectivity index (χ2n) is 2.38. The molecule has 1 rings (SSSR count). The fourth-order valence-electron chi connectivity index (χ4n) is 0.755. The molecule has 1 aromatic heterocycles. The SMILES string of the molecule is C#CCCCNc1nc(C)no1. The van der Waals surface area contributed by atoms with Crippen molar-refractivity contribution < 1.29 is 4.52 Å². The van der Waals surface area contributed by atoms with Gasteiger partial charge in [-0.1, -0.05) is 5.16 Å². The summed E-state index contributed by atoms with van der Waals surface area (Å²) in [5, 5.41) is 6.59. The maximum atomic E-state index is 5.08. The van der Waals surface area contributed by atoms with E-state index in [-0.39, 0.29) is 0 Å². The standard InChI is InChI=1S/C8H11N3O/c1-3-4-5-6-9-8-10-7(2)11-12-8/h1H,4-6H2,2H3,(H,9,10,11). The molecule has 0 amide bonds. The van der Waals surface area contributed by atoms with Crippen molar-refractivity contribution in [3.8, 4) is 12.3 Å². The van der Waals surface area contributed by atoms with Gasteiger partial charge in [-0.25, -0.2) is 0 Å². The Morgan fingerprint density at radius 3 is 3.08 bits per heavy atom. The Morgan fingerprint density at radius 1 is 1.67 bits per heavy atom. The van der Waals surface area contributed by atoms with Crippen LogP contribution in [-0.4, -0.2) is 16.7 Å². The fraction of sp³-hybridized carbons (Fsp3) is 0.500. The molecule has 1 aromatic rings. The van der Waals surface area contributed by atoms with Crippen LogP contribution in [0.3, 0.4) is 0 Å². The molecule has 4 heteroatoms. The van der Waals surface area contributed by atoms with E-state index >= 15 is 0 Å². The zero-order valence-electron chi connectivity index (χ0n) is 7.00. The van der Waals surface area contributed by atoms with E-state index in [1.807, 2.05) is 0 Å². The van der Waals surface area contributed by atoms with E-state index in [2.05, 4.69) is 21.4 Å². The summed E-state index contributed by atoms with van der Waals surface area (Å²) in [6, 6.07) is 0.463. The molecule has 4 nitrogen and oxygen atoms in total. The minimum atomic E-state index is 0.463. The summed E-state index contributed by atoms with van der Waals surface area (Å²) in [5.41, 5.74) is 0. The number of nitrogens with zero attached hydrogens (tertiary/aromatic N) is 2. The maximum absolute atomic E-state index is 5.08. The third-order valence-corrected chi connectivity index (χ3v) is 1.30. The average molecular weight is 165 g/mol. The van der Waals surface area contributed by atoms with E-state index in [0.29, 0.717) is 11.8 Å². The smallest absolute Gasteiger partial charge is 0.321 e. The van der Waals surface area contributed by atoms with Crippen LogP contribution in [0, 0.1) is 19.3 Å². The molecule has 0 aromatic carbocycles. The summed E-state index contributed by atoms with van der Waals surface area (Å²) in [4.78, 5) is 3.97. The summed E-state index contributed by atoms with van der Waals surface area (Å²) in [5.74, 6) is 3.19. The quantitative estimate of drug-likeness (QED) is 0.538. The van der Waals surface area contributed by atoms with Crippen LogP contribution in [0.2, 0.25) is 0 Å². The zero-order valence-corrected chi connectivity index (χ0v) is 7.00. The lowest BCUT2D eigenvalue weighted by molar-refractivity contribution is 0.425. The van der Waals surface area contributed by atoms with E-state index < -0.39 is 0 Å². The minimum Gasteiger partial charge on any atom is -0.338 e. The van der Waals surface area contributed by atoms with E-state index in [4.69, 9.17) is 10.9 Å². The highest BCUT2D eigenvalue weighted by Crippen LogP contribution is 2.01. The number of rotatable bonds is 4. The number of hydrogen-bond donors (Lipinski definition) is 1. The second-order valence-corrected chi connectivity index (χ2v) is 2.38. The molecule has 0 bridgehead atoms. The molecule has 0 atom stereocenters. The molecule has 0 saturated heterocycles. The molecule has 1 heterocycles. The van der Waals surface area contributed by atoms with Gasteiger partial charge in [0, 0.05) is 13.0 Å². The Bertz CT molecular complexity index is 274. The van der Waals surface area contributed by atoms with Gasteiger partial charge >= 0.3 is 6.01 Å². The molecule has 0 fully saturated rings. The van der Waals surface area contributed by atoms with Crippen LogP contribution in [0.25, 0.3) is 0 Å². The normalized spacial score (nSPS) is 9.33. The van der Waals surface area contributed by atoms with Gasteiger partial charge in [-0.05, 0) is 13.3 Å². The predicted molar refractivity (Wildman–Crippen MR) is 45.6 cm³/mol. The Morgan fingerprint density at radius 2 is 2.50 bits per heavy atom. The van der Waals surface area contributed by atoms with Crippen molar-refractivity contribution in [3.63, 3.8) is 0 Å². The summed E-state index contributed by atoms with van der Waals surface area (Å²) in [6.45, 7) is 2.54. The van der Waals surface area contributed by atoms with Crippen molar-refractivity contribution in [3.05, 3.63) is 5.82 Å². The first-order valence-electron chi connectivity index (χ1n) is 3.80. The molecule has 64 valence electrons. The van der Waals surface area contributed by atoms with Crippen molar-refractivity contribution in [2.45, 2.75) is 19.8 Å². The maximum Gasteiger partial charge on any atom is 0.321 e. The third kappa shape index (κ3) is 2.62. The lowest BCUT2D eigenvalue weighted by Crippen LogP contribution is -2.00. The Labute approximate surface area is 71.4 Å². The third-order valence-electron chi connectivity index (χ3n) is 1.30. The first-order valence-corrected chi connectivity index (χ1v) is 3.80. The molecular formula is C8H11N3O. The van der Waals surface area contributed by atoms with Gasteiger partial charge in [0.15, 0.2) is 5.82 Å². The molecule has 0 unspecified atom stereocenters. The van der Waals surface area contributed by atoms with Crippen LogP contribution >= 0.6 is 0 Å². The predicted octanol–water partition coefficient (Wildman–Crippen LogP) is 1.20. The van der Waals surface area contributed by atoms with Crippen molar-refractivity contribution in [2.75, 3.05) is 11.9 Å². The number of unbranched alkanes of at least 4 members (excludes halogenated alkanes) is 1. The van der Waals surface area contributed by atoms with Crippen LogP contribution < -0.4 is 5.32 Å². The van der Waals surface area contributed by atoms with E-state index in [0.717, 1.165) is 19.4 Å². The number of hydrogen-bond acceptors (Lipinski definition) is 4. The van der Waals surface area contributed by atoms with Gasteiger partial charge < -0.3 is 9.84 Å². The Balaban J connectivity index is 2.21. The zero-order chi connectivity index (χ0) is 8.81. The lowest BCUT2D eigenvalue weighted by Gasteiger charge is -1.95. The molecule has 0 aliphatic heterocycles. The van der Waals surface area contributed by atoms with Gasteiger partial charge in [-0.3, -0.25) is 0 Å². The van der Waals surface area contributed by atoms with Gasteiger partial charge in [0.2, 0.25) is 0 Å². The Kier molecular flexibility index (Phi) is 3.15. The van der Waals surface area contributed by atoms with Crippen molar-refractivity contribution in [1.82, 2.24) is 10.1 Å². The van der Waals surface area contributed by atoms with E-state index in [1.165, 1.54) is 0 Å². The number of aromatic nitrogens is 2. The minimum absolute atomic E-state index is 0.463. The summed E-state index contributed by atoms with van der Waals surface area (Å²) in [6.07, 6.45) is 6.76. The van der Waals surface area contributed by atoms with Gasteiger partial charge in [0.05, 0.1) is 0 Å².